The van der Waals surface area contributed by atoms with Crippen molar-refractivity contribution in [3.63, 3.8) is 0 Å². The van der Waals surface area contributed by atoms with Gasteiger partial charge in [-0.25, -0.2) is 0 Å². The van der Waals surface area contributed by atoms with Crippen molar-refractivity contribution in [1.29, 1.82) is 0 Å². The molecule has 0 saturated heterocycles. The molecule has 0 unspecified atom stereocenters. The lowest BCUT2D eigenvalue weighted by atomic mass is 10.1. The van der Waals surface area contributed by atoms with Gasteiger partial charge in [-0.2, -0.15) is 13.2 Å². The number of carbonyl (C=O) groups excluding carboxylic acids is 2. The van der Waals surface area contributed by atoms with Crippen LogP contribution in [0.2, 0.25) is 0 Å². The third-order valence-electron chi connectivity index (χ3n) is 2.24. The fourth-order valence-corrected chi connectivity index (χ4v) is 1.34. The fourth-order valence-electron chi connectivity index (χ4n) is 1.34. The van der Waals surface area contributed by atoms with Gasteiger partial charge in [-0.05, 0) is 6.07 Å². The zero-order chi connectivity index (χ0) is 16.0. The first kappa shape index (κ1) is 16.4. The van der Waals surface area contributed by atoms with E-state index in [9.17, 15) is 32.9 Å². The van der Waals surface area contributed by atoms with Crippen LogP contribution in [0.1, 0.15) is 10.4 Å². The Morgan fingerprint density at radius 1 is 1.19 bits per heavy atom. The molecule has 21 heavy (non-hydrogen) atoms. The number of rotatable bonds is 5. The van der Waals surface area contributed by atoms with Gasteiger partial charge < -0.3 is 10.6 Å². The van der Waals surface area contributed by atoms with Crippen molar-refractivity contribution in [2.75, 3.05) is 13.1 Å². The summed E-state index contributed by atoms with van der Waals surface area (Å²) in [6.07, 6.45) is -4.56. The molecule has 10 heteroatoms. The van der Waals surface area contributed by atoms with E-state index in [0.29, 0.717) is 0 Å². The van der Waals surface area contributed by atoms with Crippen LogP contribution in [0.15, 0.2) is 24.3 Å². The highest BCUT2D eigenvalue weighted by Gasteiger charge is 2.27. The summed E-state index contributed by atoms with van der Waals surface area (Å²) in [7, 11) is 0. The van der Waals surface area contributed by atoms with Gasteiger partial charge in [0, 0.05) is 6.07 Å². The molecule has 0 heterocycles. The fraction of sp³-hybridized carbons (Fsp3) is 0.273. The molecule has 2 N–H and O–H groups in total. The maximum Gasteiger partial charge on any atom is 0.405 e. The van der Waals surface area contributed by atoms with Crippen LogP contribution in [0.3, 0.4) is 0 Å². The number of nitrogens with zero attached hydrogens (tertiary/aromatic N) is 1. The molecule has 0 aliphatic carbocycles. The SMILES string of the molecule is O=C(CNC(=O)c1ccccc1[N+](=O)[O-])NCC(F)(F)F. The highest BCUT2D eigenvalue weighted by Crippen LogP contribution is 2.17. The standard InChI is InChI=1S/C11H10F3N3O4/c12-11(13,14)6-16-9(18)5-15-10(19)7-3-1-2-4-8(7)17(20)21/h1-4H,5-6H2,(H,15,19)(H,16,18). The van der Waals surface area contributed by atoms with Gasteiger partial charge in [-0.3, -0.25) is 19.7 Å². The number of hydrogen-bond donors (Lipinski definition) is 2. The summed E-state index contributed by atoms with van der Waals surface area (Å²) >= 11 is 0. The number of nitrogens with one attached hydrogen (secondary N) is 2. The van der Waals surface area contributed by atoms with Crippen LogP contribution in [0.4, 0.5) is 18.9 Å². The van der Waals surface area contributed by atoms with Gasteiger partial charge in [0.25, 0.3) is 11.6 Å². The molecule has 7 nitrogen and oxygen atoms in total. The number of nitro groups is 1. The summed E-state index contributed by atoms with van der Waals surface area (Å²) in [5.41, 5.74) is -0.753. The predicted molar refractivity (Wildman–Crippen MR) is 64.5 cm³/mol. The van der Waals surface area contributed by atoms with Gasteiger partial charge in [-0.1, -0.05) is 12.1 Å². The van der Waals surface area contributed by atoms with E-state index in [1.165, 1.54) is 18.2 Å². The van der Waals surface area contributed by atoms with Gasteiger partial charge in [0.2, 0.25) is 5.91 Å². The summed E-state index contributed by atoms with van der Waals surface area (Å²) in [6.45, 7) is -2.24. The number of hydrogen-bond acceptors (Lipinski definition) is 4. The largest absolute Gasteiger partial charge is 0.405 e. The molecule has 0 aromatic heterocycles. The Balaban J connectivity index is 2.59. The third kappa shape index (κ3) is 5.47. The Hall–Kier alpha value is -2.65. The minimum Gasteiger partial charge on any atom is -0.345 e. The number of benzene rings is 1. The average Bonchev–Trinajstić information content (AvgIpc) is 2.41. The first-order chi connectivity index (χ1) is 9.70. The summed E-state index contributed by atoms with van der Waals surface area (Å²) in [6, 6.07) is 5.00. The number of alkyl halides is 3. The van der Waals surface area contributed by atoms with Crippen LogP contribution in [0.25, 0.3) is 0 Å². The van der Waals surface area contributed by atoms with Crippen molar-refractivity contribution in [3.8, 4) is 0 Å². The molecule has 1 aromatic rings. The van der Waals surface area contributed by atoms with Crippen molar-refractivity contribution in [3.05, 3.63) is 39.9 Å². The van der Waals surface area contributed by atoms with E-state index in [0.717, 1.165) is 6.07 Å². The minimum absolute atomic E-state index is 0.286. The highest BCUT2D eigenvalue weighted by atomic mass is 19.4. The zero-order valence-corrected chi connectivity index (χ0v) is 10.4. The number of halogens is 3. The molecule has 0 aliphatic rings. The number of carbonyl (C=O) groups is 2. The van der Waals surface area contributed by atoms with Gasteiger partial charge in [-0.15, -0.1) is 0 Å². The quantitative estimate of drug-likeness (QED) is 0.626. The lowest BCUT2D eigenvalue weighted by molar-refractivity contribution is -0.385. The Morgan fingerprint density at radius 2 is 1.81 bits per heavy atom. The molecule has 2 amide bonds. The average molecular weight is 305 g/mol. The van der Waals surface area contributed by atoms with E-state index >= 15 is 0 Å². The monoisotopic (exact) mass is 305 g/mol. The summed E-state index contributed by atoms with van der Waals surface area (Å²) in [5.74, 6) is -1.98. The van der Waals surface area contributed by atoms with E-state index in [1.807, 2.05) is 5.32 Å². The highest BCUT2D eigenvalue weighted by molar-refractivity contribution is 5.99. The smallest absolute Gasteiger partial charge is 0.345 e. The van der Waals surface area contributed by atoms with Crippen molar-refractivity contribution >= 4 is 17.5 Å². The Morgan fingerprint density at radius 3 is 2.38 bits per heavy atom. The van der Waals surface area contributed by atoms with Crippen molar-refractivity contribution in [2.24, 2.45) is 0 Å². The second-order valence-electron chi connectivity index (χ2n) is 3.85. The summed E-state index contributed by atoms with van der Waals surface area (Å²) < 4.78 is 35.5. The normalized spacial score (nSPS) is 10.8. The first-order valence-corrected chi connectivity index (χ1v) is 5.56. The molecule has 1 rings (SSSR count). The van der Waals surface area contributed by atoms with E-state index < -0.39 is 41.7 Å². The maximum absolute atomic E-state index is 11.8. The second-order valence-corrected chi connectivity index (χ2v) is 3.85. The van der Waals surface area contributed by atoms with Crippen molar-refractivity contribution < 1.29 is 27.7 Å². The van der Waals surface area contributed by atoms with E-state index in [-0.39, 0.29) is 5.56 Å². The van der Waals surface area contributed by atoms with Gasteiger partial charge in [0.1, 0.15) is 12.1 Å². The Bertz CT molecular complexity index is 560. The Labute approximate surface area is 116 Å². The van der Waals surface area contributed by atoms with Crippen LogP contribution < -0.4 is 10.6 Å². The lowest BCUT2D eigenvalue weighted by Gasteiger charge is -2.09. The lowest BCUT2D eigenvalue weighted by Crippen LogP contribution is -2.41. The maximum atomic E-state index is 11.8. The van der Waals surface area contributed by atoms with Crippen LogP contribution in [-0.4, -0.2) is 36.0 Å². The summed E-state index contributed by atoms with van der Waals surface area (Å²) in [5, 5.41) is 14.3. The van der Waals surface area contributed by atoms with Gasteiger partial charge >= 0.3 is 6.18 Å². The molecular formula is C11H10F3N3O4. The van der Waals surface area contributed by atoms with E-state index in [4.69, 9.17) is 0 Å². The number of nitro benzene ring substituents is 1. The number of amides is 2. The third-order valence-corrected chi connectivity index (χ3v) is 2.24. The number of para-hydroxylation sites is 1. The molecule has 0 bridgehead atoms. The molecule has 0 radical (unpaired) electrons. The van der Waals surface area contributed by atoms with Crippen LogP contribution in [0.5, 0.6) is 0 Å². The second kappa shape index (κ2) is 6.68. The van der Waals surface area contributed by atoms with Gasteiger partial charge in [0.15, 0.2) is 0 Å². The molecular weight excluding hydrogens is 295 g/mol. The minimum atomic E-state index is -4.56. The first-order valence-electron chi connectivity index (χ1n) is 5.56. The van der Waals surface area contributed by atoms with Crippen molar-refractivity contribution in [2.45, 2.75) is 6.18 Å². The molecule has 0 saturated carbocycles. The van der Waals surface area contributed by atoms with Gasteiger partial charge in [0.05, 0.1) is 11.5 Å². The van der Waals surface area contributed by atoms with Crippen molar-refractivity contribution in [1.82, 2.24) is 10.6 Å². The Kier molecular flexibility index (Phi) is 5.22. The molecule has 0 fully saturated rings. The molecule has 0 spiro atoms. The molecule has 0 atom stereocenters. The van der Waals surface area contributed by atoms with Crippen LogP contribution in [-0.2, 0) is 4.79 Å². The molecule has 1 aromatic carbocycles. The topological polar surface area (TPSA) is 101 Å². The summed E-state index contributed by atoms with van der Waals surface area (Å²) in [4.78, 5) is 32.7. The zero-order valence-electron chi connectivity index (χ0n) is 10.4. The van der Waals surface area contributed by atoms with E-state index in [2.05, 4.69) is 0 Å². The van der Waals surface area contributed by atoms with E-state index in [1.54, 1.807) is 5.32 Å². The predicted octanol–water partition coefficient (Wildman–Crippen LogP) is 1.00. The van der Waals surface area contributed by atoms with Crippen LogP contribution in [0, 0.1) is 10.1 Å². The van der Waals surface area contributed by atoms with Crippen LogP contribution >= 0.6 is 0 Å². The molecule has 0 aliphatic heterocycles. The molecule has 114 valence electrons.